The van der Waals surface area contributed by atoms with Crippen molar-refractivity contribution in [2.24, 2.45) is 5.41 Å². The standard InChI is InChI=1S/C22H29N5O/c1-3-23-19-8-11-24-20(25-19)17-6-4-7-18(14-17)21(28)27-12-5-9-22(16-27)10-13-26(2)15-22/h4,6-8,11,14H,3,5,9-10,12-13,15-16H2,1-2H3,(H,23,24,25). The highest BCUT2D eigenvalue weighted by Crippen LogP contribution is 2.38. The van der Waals surface area contributed by atoms with Gasteiger partial charge in [-0.2, -0.15) is 0 Å². The monoisotopic (exact) mass is 379 g/mol. The van der Waals surface area contributed by atoms with E-state index in [0.29, 0.717) is 5.82 Å². The molecule has 148 valence electrons. The predicted molar refractivity (Wildman–Crippen MR) is 111 cm³/mol. The molecule has 1 amide bonds. The first-order valence-corrected chi connectivity index (χ1v) is 10.2. The molecular formula is C22H29N5O. The molecule has 1 N–H and O–H groups in total. The van der Waals surface area contributed by atoms with E-state index in [4.69, 9.17) is 0 Å². The van der Waals surface area contributed by atoms with E-state index in [9.17, 15) is 4.79 Å². The Kier molecular flexibility index (Phi) is 5.31. The maximum absolute atomic E-state index is 13.2. The van der Waals surface area contributed by atoms with E-state index < -0.39 is 0 Å². The Morgan fingerprint density at radius 3 is 2.89 bits per heavy atom. The Hall–Kier alpha value is -2.47. The summed E-state index contributed by atoms with van der Waals surface area (Å²) in [6.45, 7) is 6.79. The maximum Gasteiger partial charge on any atom is 0.253 e. The average molecular weight is 380 g/mol. The molecule has 0 radical (unpaired) electrons. The number of rotatable bonds is 4. The van der Waals surface area contributed by atoms with Crippen molar-refractivity contribution in [3.05, 3.63) is 42.1 Å². The molecule has 4 rings (SSSR count). The van der Waals surface area contributed by atoms with Gasteiger partial charge in [0.2, 0.25) is 0 Å². The number of hydrogen-bond donors (Lipinski definition) is 1. The van der Waals surface area contributed by atoms with Gasteiger partial charge in [0.25, 0.3) is 5.91 Å². The maximum atomic E-state index is 13.2. The zero-order valence-corrected chi connectivity index (χ0v) is 16.8. The lowest BCUT2D eigenvalue weighted by Crippen LogP contribution is -2.47. The Morgan fingerprint density at radius 1 is 1.21 bits per heavy atom. The molecule has 2 aliphatic heterocycles. The van der Waals surface area contributed by atoms with Crippen molar-refractivity contribution in [2.75, 3.05) is 45.1 Å². The van der Waals surface area contributed by atoms with Gasteiger partial charge in [-0.05, 0) is 58.0 Å². The van der Waals surface area contributed by atoms with Gasteiger partial charge in [0, 0.05) is 48.9 Å². The summed E-state index contributed by atoms with van der Waals surface area (Å²) >= 11 is 0. The number of carbonyl (C=O) groups is 1. The highest BCUT2D eigenvalue weighted by Gasteiger charge is 2.41. The fraction of sp³-hybridized carbons (Fsp3) is 0.500. The first-order chi connectivity index (χ1) is 13.6. The van der Waals surface area contributed by atoms with E-state index in [0.717, 1.165) is 56.1 Å². The SMILES string of the molecule is CCNc1ccnc(-c2cccc(C(=O)N3CCCC4(CCN(C)C4)C3)c2)n1. The quantitative estimate of drug-likeness (QED) is 0.884. The zero-order chi connectivity index (χ0) is 19.6. The lowest BCUT2D eigenvalue weighted by molar-refractivity contribution is 0.0534. The molecular weight excluding hydrogens is 350 g/mol. The third-order valence-electron chi connectivity index (χ3n) is 5.96. The second-order valence-corrected chi connectivity index (χ2v) is 8.19. The molecule has 0 saturated carbocycles. The number of likely N-dealkylation sites (tertiary alicyclic amines) is 2. The Labute approximate surface area is 167 Å². The van der Waals surface area contributed by atoms with Gasteiger partial charge in [-0.3, -0.25) is 4.79 Å². The van der Waals surface area contributed by atoms with Crippen molar-refractivity contribution in [2.45, 2.75) is 26.2 Å². The first kappa shape index (κ1) is 18.9. The van der Waals surface area contributed by atoms with Crippen LogP contribution in [0.3, 0.4) is 0 Å². The molecule has 3 heterocycles. The van der Waals surface area contributed by atoms with Crippen LogP contribution in [-0.2, 0) is 0 Å². The van der Waals surface area contributed by atoms with Gasteiger partial charge in [0.05, 0.1) is 0 Å². The van der Waals surface area contributed by atoms with Gasteiger partial charge < -0.3 is 15.1 Å². The molecule has 1 unspecified atom stereocenters. The summed E-state index contributed by atoms with van der Waals surface area (Å²) in [4.78, 5) is 26.6. The number of hydrogen-bond acceptors (Lipinski definition) is 5. The molecule has 2 aliphatic rings. The zero-order valence-electron chi connectivity index (χ0n) is 16.8. The Balaban J connectivity index is 1.54. The van der Waals surface area contributed by atoms with Crippen molar-refractivity contribution in [3.63, 3.8) is 0 Å². The predicted octanol–water partition coefficient (Wildman–Crippen LogP) is 3.13. The average Bonchev–Trinajstić information content (AvgIpc) is 3.07. The van der Waals surface area contributed by atoms with Gasteiger partial charge in [-0.25, -0.2) is 9.97 Å². The summed E-state index contributed by atoms with van der Waals surface area (Å²) in [6, 6.07) is 9.58. The smallest absolute Gasteiger partial charge is 0.253 e. The Bertz CT molecular complexity index is 850. The number of carbonyl (C=O) groups excluding carboxylic acids is 1. The number of nitrogens with zero attached hydrogens (tertiary/aromatic N) is 4. The van der Waals surface area contributed by atoms with Crippen molar-refractivity contribution in [1.82, 2.24) is 19.8 Å². The highest BCUT2D eigenvalue weighted by atomic mass is 16.2. The molecule has 1 aromatic carbocycles. The summed E-state index contributed by atoms with van der Waals surface area (Å²) in [7, 11) is 2.18. The Morgan fingerprint density at radius 2 is 2.11 bits per heavy atom. The molecule has 0 bridgehead atoms. The minimum Gasteiger partial charge on any atom is -0.370 e. The van der Waals surface area contributed by atoms with Gasteiger partial charge >= 0.3 is 0 Å². The lowest BCUT2D eigenvalue weighted by Gasteiger charge is -2.40. The fourth-order valence-electron chi connectivity index (χ4n) is 4.62. The summed E-state index contributed by atoms with van der Waals surface area (Å²) in [5, 5.41) is 3.21. The van der Waals surface area contributed by atoms with Crippen LogP contribution in [0.15, 0.2) is 36.5 Å². The summed E-state index contributed by atoms with van der Waals surface area (Å²) < 4.78 is 0. The number of anilines is 1. The molecule has 6 nitrogen and oxygen atoms in total. The largest absolute Gasteiger partial charge is 0.370 e. The van der Waals surface area contributed by atoms with Gasteiger partial charge in [0.15, 0.2) is 5.82 Å². The van der Waals surface area contributed by atoms with Gasteiger partial charge in [0.1, 0.15) is 5.82 Å². The van der Waals surface area contributed by atoms with E-state index >= 15 is 0 Å². The molecule has 2 fully saturated rings. The second kappa shape index (κ2) is 7.87. The summed E-state index contributed by atoms with van der Waals surface area (Å²) in [5.41, 5.74) is 1.88. The first-order valence-electron chi connectivity index (χ1n) is 10.2. The normalized spacial score (nSPS) is 22.6. The fourth-order valence-corrected chi connectivity index (χ4v) is 4.62. The van der Waals surface area contributed by atoms with Crippen LogP contribution in [0.5, 0.6) is 0 Å². The number of aromatic nitrogens is 2. The summed E-state index contributed by atoms with van der Waals surface area (Å²) in [6.07, 6.45) is 5.26. The molecule has 0 aliphatic carbocycles. The van der Waals surface area contributed by atoms with E-state index in [1.807, 2.05) is 37.3 Å². The van der Waals surface area contributed by atoms with Crippen LogP contribution in [0.4, 0.5) is 5.82 Å². The molecule has 2 aromatic rings. The van der Waals surface area contributed by atoms with Crippen LogP contribution < -0.4 is 5.32 Å². The van der Waals surface area contributed by atoms with Crippen LogP contribution in [-0.4, -0.2) is 65.4 Å². The third kappa shape index (κ3) is 3.87. The topological polar surface area (TPSA) is 61.4 Å². The van der Waals surface area contributed by atoms with Gasteiger partial charge in [-0.1, -0.05) is 12.1 Å². The van der Waals surface area contributed by atoms with Crippen LogP contribution in [0.2, 0.25) is 0 Å². The molecule has 6 heteroatoms. The number of benzene rings is 1. The van der Waals surface area contributed by atoms with Crippen LogP contribution in [0.25, 0.3) is 11.4 Å². The lowest BCUT2D eigenvalue weighted by atomic mass is 9.79. The minimum absolute atomic E-state index is 0.123. The minimum atomic E-state index is 0.123. The third-order valence-corrected chi connectivity index (χ3v) is 5.96. The number of nitrogens with one attached hydrogen (secondary N) is 1. The van der Waals surface area contributed by atoms with Crippen LogP contribution in [0.1, 0.15) is 36.5 Å². The van der Waals surface area contributed by atoms with Crippen molar-refractivity contribution in [3.8, 4) is 11.4 Å². The van der Waals surface area contributed by atoms with Crippen molar-refractivity contribution in [1.29, 1.82) is 0 Å². The molecule has 2 saturated heterocycles. The van der Waals surface area contributed by atoms with Crippen molar-refractivity contribution < 1.29 is 4.79 Å². The van der Waals surface area contributed by atoms with Gasteiger partial charge in [-0.15, -0.1) is 0 Å². The molecule has 28 heavy (non-hydrogen) atoms. The highest BCUT2D eigenvalue weighted by molar-refractivity contribution is 5.95. The van der Waals surface area contributed by atoms with Crippen LogP contribution in [0, 0.1) is 5.41 Å². The van der Waals surface area contributed by atoms with E-state index in [1.54, 1.807) is 6.20 Å². The second-order valence-electron chi connectivity index (χ2n) is 8.19. The number of piperidine rings is 1. The van der Waals surface area contributed by atoms with E-state index in [2.05, 4.69) is 32.1 Å². The van der Waals surface area contributed by atoms with E-state index in [1.165, 1.54) is 12.8 Å². The molecule has 1 aromatic heterocycles. The van der Waals surface area contributed by atoms with Crippen molar-refractivity contribution >= 4 is 11.7 Å². The summed E-state index contributed by atoms with van der Waals surface area (Å²) in [5.74, 6) is 1.56. The number of amides is 1. The molecule has 1 atom stereocenters. The molecule has 1 spiro atoms. The van der Waals surface area contributed by atoms with E-state index in [-0.39, 0.29) is 11.3 Å². The van der Waals surface area contributed by atoms with Crippen LogP contribution >= 0.6 is 0 Å².